The first-order valence-corrected chi connectivity index (χ1v) is 8.64. The van der Waals surface area contributed by atoms with Crippen molar-refractivity contribution in [2.45, 2.75) is 10.6 Å². The van der Waals surface area contributed by atoms with E-state index in [4.69, 9.17) is 5.73 Å². The van der Waals surface area contributed by atoms with E-state index >= 15 is 0 Å². The Hall–Kier alpha value is -0.850. The molecule has 0 aromatic heterocycles. The summed E-state index contributed by atoms with van der Waals surface area (Å²) in [7, 11) is -3.40. The minimum Gasteiger partial charge on any atom is -0.399 e. The molecule has 0 fully saturated rings. The highest BCUT2D eigenvalue weighted by atomic mass is 79.9. The highest BCUT2D eigenvalue weighted by Gasteiger charge is 2.18. The Morgan fingerprint density at radius 2 is 1.79 bits per heavy atom. The Labute approximate surface area is 129 Å². The maximum Gasteiger partial charge on any atom is 0.183 e. The molecule has 100 valence electrons. The molecule has 0 saturated carbocycles. The Morgan fingerprint density at radius 1 is 1.05 bits per heavy atom. The zero-order valence-corrected chi connectivity index (χ0v) is 13.8. The second-order valence-electron chi connectivity index (χ2n) is 4.08. The predicted octanol–water partition coefficient (Wildman–Crippen LogP) is 3.77. The topological polar surface area (TPSA) is 60.2 Å². The number of sulfone groups is 1. The van der Waals surface area contributed by atoms with Crippen LogP contribution >= 0.6 is 31.9 Å². The van der Waals surface area contributed by atoms with Crippen molar-refractivity contribution in [3.05, 3.63) is 57.0 Å². The molecule has 0 atom stereocenters. The second-order valence-corrected chi connectivity index (χ2v) is 7.81. The molecule has 2 N–H and O–H groups in total. The van der Waals surface area contributed by atoms with Gasteiger partial charge >= 0.3 is 0 Å². The lowest BCUT2D eigenvalue weighted by Crippen LogP contribution is -2.06. The lowest BCUT2D eigenvalue weighted by atomic mass is 10.2. The summed E-state index contributed by atoms with van der Waals surface area (Å²) in [5, 5.41) is 0. The molecule has 0 radical (unpaired) electrons. The van der Waals surface area contributed by atoms with Gasteiger partial charge in [-0.3, -0.25) is 0 Å². The van der Waals surface area contributed by atoms with Gasteiger partial charge in [0.2, 0.25) is 0 Å². The molecule has 2 rings (SSSR count). The quantitative estimate of drug-likeness (QED) is 0.792. The number of anilines is 1. The molecular weight excluding hydrogens is 394 g/mol. The molecular formula is C13H11Br2NO2S. The van der Waals surface area contributed by atoms with Crippen LogP contribution in [0.4, 0.5) is 5.69 Å². The molecule has 0 heterocycles. The molecule has 0 aliphatic rings. The molecule has 0 amide bonds. The molecule has 0 saturated heterocycles. The molecule has 2 aromatic carbocycles. The predicted molar refractivity (Wildman–Crippen MR) is 83.6 cm³/mol. The van der Waals surface area contributed by atoms with Crippen LogP contribution in [0, 0.1) is 0 Å². The first-order valence-electron chi connectivity index (χ1n) is 5.41. The third-order valence-electron chi connectivity index (χ3n) is 2.54. The average Bonchev–Trinajstić information content (AvgIpc) is 2.27. The van der Waals surface area contributed by atoms with Gasteiger partial charge in [-0.1, -0.05) is 28.1 Å². The Kier molecular flexibility index (Phi) is 4.32. The number of nitrogen functional groups attached to an aromatic ring is 1. The number of rotatable bonds is 3. The Bertz CT molecular complexity index is 714. The van der Waals surface area contributed by atoms with Crippen LogP contribution in [0.5, 0.6) is 0 Å². The molecule has 0 unspecified atom stereocenters. The molecule has 0 spiro atoms. The zero-order valence-electron chi connectivity index (χ0n) is 9.81. The fourth-order valence-electron chi connectivity index (χ4n) is 1.69. The van der Waals surface area contributed by atoms with Gasteiger partial charge < -0.3 is 5.73 Å². The molecule has 0 aliphatic carbocycles. The summed E-state index contributed by atoms with van der Waals surface area (Å²) in [6.45, 7) is 0. The second kappa shape index (κ2) is 5.64. The maximum absolute atomic E-state index is 12.4. The van der Waals surface area contributed by atoms with Gasteiger partial charge in [0, 0.05) is 14.6 Å². The maximum atomic E-state index is 12.4. The summed E-state index contributed by atoms with van der Waals surface area (Å²) in [5.41, 5.74) is 6.87. The van der Waals surface area contributed by atoms with Crippen molar-refractivity contribution >= 4 is 47.4 Å². The normalized spacial score (nSPS) is 11.5. The van der Waals surface area contributed by atoms with E-state index in [2.05, 4.69) is 31.9 Å². The third-order valence-corrected chi connectivity index (χ3v) is 5.69. The van der Waals surface area contributed by atoms with Crippen LogP contribution in [-0.4, -0.2) is 8.42 Å². The molecule has 0 aliphatic heterocycles. The molecule has 3 nitrogen and oxygen atoms in total. The van der Waals surface area contributed by atoms with E-state index in [1.807, 2.05) is 12.1 Å². The Balaban J connectivity index is 2.38. The third kappa shape index (κ3) is 3.58. The van der Waals surface area contributed by atoms with Crippen LogP contribution in [0.3, 0.4) is 0 Å². The van der Waals surface area contributed by atoms with E-state index in [0.717, 1.165) is 10.0 Å². The standard InChI is InChI=1S/C13H11Br2NO2S/c14-10-3-1-2-9(6-10)8-19(17,18)13-5-4-11(16)7-12(13)15/h1-7H,8,16H2. The summed E-state index contributed by atoms with van der Waals surface area (Å²) in [4.78, 5) is 0.252. The van der Waals surface area contributed by atoms with E-state index in [-0.39, 0.29) is 10.6 Å². The average molecular weight is 405 g/mol. The van der Waals surface area contributed by atoms with Gasteiger partial charge in [-0.25, -0.2) is 8.42 Å². The highest BCUT2D eigenvalue weighted by molar-refractivity contribution is 9.10. The monoisotopic (exact) mass is 403 g/mol. The molecule has 0 bridgehead atoms. The minimum atomic E-state index is -3.40. The smallest absolute Gasteiger partial charge is 0.183 e. The van der Waals surface area contributed by atoms with Crippen molar-refractivity contribution < 1.29 is 8.42 Å². The van der Waals surface area contributed by atoms with Gasteiger partial charge in [-0.15, -0.1) is 0 Å². The van der Waals surface area contributed by atoms with E-state index in [9.17, 15) is 8.42 Å². The van der Waals surface area contributed by atoms with Crippen molar-refractivity contribution in [1.82, 2.24) is 0 Å². The van der Waals surface area contributed by atoms with Crippen LogP contribution in [0.2, 0.25) is 0 Å². The minimum absolute atomic E-state index is 0.0467. The number of halogens is 2. The van der Waals surface area contributed by atoms with Crippen molar-refractivity contribution in [2.75, 3.05) is 5.73 Å². The van der Waals surface area contributed by atoms with Gasteiger partial charge in [0.25, 0.3) is 0 Å². The van der Waals surface area contributed by atoms with Gasteiger partial charge in [-0.05, 0) is 51.8 Å². The van der Waals surface area contributed by atoms with Gasteiger partial charge in [0.15, 0.2) is 9.84 Å². The summed E-state index contributed by atoms with van der Waals surface area (Å²) >= 11 is 6.57. The summed E-state index contributed by atoms with van der Waals surface area (Å²) in [6.07, 6.45) is 0. The van der Waals surface area contributed by atoms with Crippen molar-refractivity contribution in [3.63, 3.8) is 0 Å². The number of hydrogen-bond acceptors (Lipinski definition) is 3. The number of hydrogen-bond donors (Lipinski definition) is 1. The summed E-state index contributed by atoms with van der Waals surface area (Å²) < 4.78 is 26.1. The number of nitrogens with two attached hydrogens (primary N) is 1. The summed E-state index contributed by atoms with van der Waals surface area (Å²) in [6, 6.07) is 11.9. The Morgan fingerprint density at radius 3 is 2.42 bits per heavy atom. The first kappa shape index (κ1) is 14.6. The van der Waals surface area contributed by atoms with E-state index in [1.54, 1.807) is 24.3 Å². The van der Waals surface area contributed by atoms with Crippen LogP contribution in [-0.2, 0) is 15.6 Å². The molecule has 2 aromatic rings. The van der Waals surface area contributed by atoms with Gasteiger partial charge in [0.1, 0.15) is 0 Å². The fraction of sp³-hybridized carbons (Fsp3) is 0.0769. The SMILES string of the molecule is Nc1ccc(S(=O)(=O)Cc2cccc(Br)c2)c(Br)c1. The lowest BCUT2D eigenvalue weighted by molar-refractivity contribution is 0.595. The molecule has 6 heteroatoms. The van der Waals surface area contributed by atoms with Crippen LogP contribution in [0.1, 0.15) is 5.56 Å². The van der Waals surface area contributed by atoms with E-state index in [1.165, 1.54) is 6.07 Å². The van der Waals surface area contributed by atoms with Crippen LogP contribution in [0.25, 0.3) is 0 Å². The highest BCUT2D eigenvalue weighted by Crippen LogP contribution is 2.27. The van der Waals surface area contributed by atoms with Crippen LogP contribution < -0.4 is 5.73 Å². The number of benzene rings is 2. The van der Waals surface area contributed by atoms with Crippen LogP contribution in [0.15, 0.2) is 56.3 Å². The van der Waals surface area contributed by atoms with E-state index in [0.29, 0.717) is 10.2 Å². The van der Waals surface area contributed by atoms with Crippen molar-refractivity contribution in [1.29, 1.82) is 0 Å². The van der Waals surface area contributed by atoms with Crippen molar-refractivity contribution in [2.24, 2.45) is 0 Å². The fourth-order valence-corrected chi connectivity index (χ4v) is 4.68. The first-order chi connectivity index (χ1) is 8.88. The van der Waals surface area contributed by atoms with Crippen molar-refractivity contribution in [3.8, 4) is 0 Å². The van der Waals surface area contributed by atoms with E-state index < -0.39 is 9.84 Å². The summed E-state index contributed by atoms with van der Waals surface area (Å²) in [5.74, 6) is -0.0467. The lowest BCUT2D eigenvalue weighted by Gasteiger charge is -2.08. The van der Waals surface area contributed by atoms with Gasteiger partial charge in [-0.2, -0.15) is 0 Å². The largest absolute Gasteiger partial charge is 0.399 e. The molecule has 19 heavy (non-hydrogen) atoms. The zero-order chi connectivity index (χ0) is 14.0. The van der Waals surface area contributed by atoms with Gasteiger partial charge in [0.05, 0.1) is 10.6 Å².